The molecule has 0 bridgehead atoms. The van der Waals surface area contributed by atoms with E-state index < -0.39 is 0 Å². The Labute approximate surface area is 211 Å². The molecule has 7 heteroatoms. The number of benzene rings is 3. The number of hydrogen-bond acceptors (Lipinski definition) is 5. The molecule has 0 saturated heterocycles. The van der Waals surface area contributed by atoms with Crippen LogP contribution in [0.15, 0.2) is 66.7 Å². The van der Waals surface area contributed by atoms with Gasteiger partial charge in [-0.1, -0.05) is 43.3 Å². The maximum Gasteiger partial charge on any atom is 0.310 e. The highest BCUT2D eigenvalue weighted by molar-refractivity contribution is 6.06. The zero-order chi connectivity index (χ0) is 25.7. The molecule has 3 aromatic rings. The van der Waals surface area contributed by atoms with E-state index in [-0.39, 0.29) is 23.7 Å². The van der Waals surface area contributed by atoms with Crippen molar-refractivity contribution < 1.29 is 23.9 Å². The number of hydrogen-bond donors (Lipinski definition) is 1. The molecule has 1 heterocycles. The Balaban J connectivity index is 1.46. The maximum absolute atomic E-state index is 13.0. The van der Waals surface area contributed by atoms with Gasteiger partial charge in [-0.25, -0.2) is 0 Å². The number of nitrogens with zero attached hydrogens (tertiary/aromatic N) is 1. The highest BCUT2D eigenvalue weighted by atomic mass is 16.5. The van der Waals surface area contributed by atoms with Crippen LogP contribution in [0.4, 0.5) is 5.69 Å². The van der Waals surface area contributed by atoms with Crippen molar-refractivity contribution in [3.05, 3.63) is 83.4 Å². The summed E-state index contributed by atoms with van der Waals surface area (Å²) in [5.41, 5.74) is 4.56. The zero-order valence-corrected chi connectivity index (χ0v) is 20.7. The molecule has 0 radical (unpaired) electrons. The van der Waals surface area contributed by atoms with Crippen molar-refractivity contribution in [3.8, 4) is 16.9 Å². The Morgan fingerprint density at radius 1 is 1.00 bits per heavy atom. The van der Waals surface area contributed by atoms with Gasteiger partial charge < -0.3 is 19.7 Å². The average Bonchev–Trinajstić information content (AvgIpc) is 3.22. The predicted octanol–water partition coefficient (Wildman–Crippen LogP) is 5.16. The Kier molecular flexibility index (Phi) is 7.68. The zero-order valence-electron chi connectivity index (χ0n) is 20.7. The molecule has 0 fully saturated rings. The topological polar surface area (TPSA) is 84.9 Å². The first-order valence-corrected chi connectivity index (χ1v) is 12.1. The largest absolute Gasteiger partial charge is 0.493 e. The number of methoxy groups -OCH3 is 1. The van der Waals surface area contributed by atoms with Crippen molar-refractivity contribution in [2.24, 2.45) is 5.92 Å². The monoisotopic (exact) mass is 486 g/mol. The van der Waals surface area contributed by atoms with Gasteiger partial charge in [0.05, 0.1) is 25.2 Å². The van der Waals surface area contributed by atoms with E-state index in [0.29, 0.717) is 48.7 Å². The Hall–Kier alpha value is -4.13. The third-order valence-corrected chi connectivity index (χ3v) is 6.36. The van der Waals surface area contributed by atoms with Crippen LogP contribution in [0.1, 0.15) is 46.5 Å². The molecule has 0 aromatic heterocycles. The van der Waals surface area contributed by atoms with Gasteiger partial charge in [-0.05, 0) is 60.4 Å². The Bertz CT molecular complexity index is 1270. The molecule has 0 spiro atoms. The highest BCUT2D eigenvalue weighted by Crippen LogP contribution is 2.30. The van der Waals surface area contributed by atoms with Crippen LogP contribution in [0.2, 0.25) is 0 Å². The minimum atomic E-state index is -0.337. The minimum Gasteiger partial charge on any atom is -0.493 e. The lowest BCUT2D eigenvalue weighted by atomic mass is 10.00. The van der Waals surface area contributed by atoms with Crippen molar-refractivity contribution in [2.45, 2.75) is 26.8 Å². The standard InChI is InChI=1S/C29H30N2O5/c1-4-19(29(34)35-3)17-31-18-22-11-10-21(16-25(22)28(31)33)20-12-14-23(15-13-20)30-27(32)24-8-6-7-9-26(24)36-5-2/h6-16,19H,4-5,17-18H2,1-3H3,(H,30,32)/t19-/m0/s1. The summed E-state index contributed by atoms with van der Waals surface area (Å²) in [6, 6.07) is 20.5. The van der Waals surface area contributed by atoms with Crippen molar-refractivity contribution in [1.82, 2.24) is 4.90 Å². The summed E-state index contributed by atoms with van der Waals surface area (Å²) in [7, 11) is 1.37. The van der Waals surface area contributed by atoms with E-state index in [0.717, 1.165) is 16.7 Å². The molecule has 3 aromatic carbocycles. The van der Waals surface area contributed by atoms with E-state index in [1.807, 2.05) is 62.4 Å². The number of fused-ring (bicyclic) bond motifs is 1. The van der Waals surface area contributed by atoms with Crippen LogP contribution in [-0.2, 0) is 16.1 Å². The molecule has 0 aliphatic carbocycles. The van der Waals surface area contributed by atoms with E-state index >= 15 is 0 Å². The fraction of sp³-hybridized carbons (Fsp3) is 0.276. The quantitative estimate of drug-likeness (QED) is 0.423. The molecular formula is C29H30N2O5. The molecule has 2 amide bonds. The molecular weight excluding hydrogens is 456 g/mol. The Morgan fingerprint density at radius 2 is 1.72 bits per heavy atom. The van der Waals surface area contributed by atoms with E-state index in [1.165, 1.54) is 7.11 Å². The second kappa shape index (κ2) is 11.1. The smallest absolute Gasteiger partial charge is 0.310 e. The number of amides is 2. The highest BCUT2D eigenvalue weighted by Gasteiger charge is 2.31. The molecule has 36 heavy (non-hydrogen) atoms. The second-order valence-electron chi connectivity index (χ2n) is 8.65. The molecule has 0 saturated carbocycles. The van der Waals surface area contributed by atoms with Gasteiger partial charge in [0, 0.05) is 24.3 Å². The first-order valence-electron chi connectivity index (χ1n) is 12.1. The van der Waals surface area contributed by atoms with Gasteiger partial charge in [-0.2, -0.15) is 0 Å². The molecule has 4 rings (SSSR count). The number of anilines is 1. The lowest BCUT2D eigenvalue weighted by Crippen LogP contribution is -2.33. The number of carbonyl (C=O) groups is 3. The summed E-state index contributed by atoms with van der Waals surface area (Å²) in [4.78, 5) is 39.5. The van der Waals surface area contributed by atoms with Crippen LogP contribution in [0.5, 0.6) is 5.75 Å². The van der Waals surface area contributed by atoms with Crippen LogP contribution in [0.25, 0.3) is 11.1 Å². The van der Waals surface area contributed by atoms with Gasteiger partial charge in [0.2, 0.25) is 0 Å². The third kappa shape index (κ3) is 5.25. The van der Waals surface area contributed by atoms with Crippen LogP contribution in [-0.4, -0.2) is 42.9 Å². The fourth-order valence-corrected chi connectivity index (χ4v) is 4.37. The van der Waals surface area contributed by atoms with Gasteiger partial charge in [0.25, 0.3) is 11.8 Å². The van der Waals surface area contributed by atoms with Crippen LogP contribution in [0.3, 0.4) is 0 Å². The van der Waals surface area contributed by atoms with E-state index in [4.69, 9.17) is 9.47 Å². The van der Waals surface area contributed by atoms with Crippen LogP contribution < -0.4 is 10.1 Å². The molecule has 1 aliphatic rings. The summed E-state index contributed by atoms with van der Waals surface area (Å²) in [6.07, 6.45) is 0.609. The van der Waals surface area contributed by atoms with E-state index in [1.54, 1.807) is 23.1 Å². The maximum atomic E-state index is 13.0. The normalized spacial score (nSPS) is 13.2. The number of carbonyl (C=O) groups excluding carboxylic acids is 3. The van der Waals surface area contributed by atoms with Crippen molar-refractivity contribution in [2.75, 3.05) is 25.6 Å². The number of esters is 1. The van der Waals surface area contributed by atoms with Gasteiger partial charge >= 0.3 is 5.97 Å². The summed E-state index contributed by atoms with van der Waals surface area (Å²) in [6.45, 7) is 5.09. The van der Waals surface area contributed by atoms with Crippen LogP contribution in [0, 0.1) is 5.92 Å². The summed E-state index contributed by atoms with van der Waals surface area (Å²) in [5.74, 6) is -0.410. The first-order chi connectivity index (χ1) is 17.4. The second-order valence-corrected chi connectivity index (χ2v) is 8.65. The first kappa shape index (κ1) is 25.0. The predicted molar refractivity (Wildman–Crippen MR) is 138 cm³/mol. The number of rotatable bonds is 9. The molecule has 1 N–H and O–H groups in total. The van der Waals surface area contributed by atoms with Gasteiger partial charge in [-0.15, -0.1) is 0 Å². The van der Waals surface area contributed by atoms with E-state index in [2.05, 4.69) is 5.32 Å². The number of ether oxygens (including phenoxy) is 2. The van der Waals surface area contributed by atoms with Crippen molar-refractivity contribution in [1.29, 1.82) is 0 Å². The fourth-order valence-electron chi connectivity index (χ4n) is 4.37. The summed E-state index contributed by atoms with van der Waals surface area (Å²) >= 11 is 0. The molecule has 1 atom stereocenters. The molecule has 186 valence electrons. The van der Waals surface area contributed by atoms with Crippen LogP contribution >= 0.6 is 0 Å². The lowest BCUT2D eigenvalue weighted by Gasteiger charge is -2.20. The minimum absolute atomic E-state index is 0.0777. The third-order valence-electron chi connectivity index (χ3n) is 6.36. The molecule has 0 unspecified atom stereocenters. The van der Waals surface area contributed by atoms with E-state index in [9.17, 15) is 14.4 Å². The molecule has 7 nitrogen and oxygen atoms in total. The van der Waals surface area contributed by atoms with Gasteiger partial charge in [-0.3, -0.25) is 14.4 Å². The Morgan fingerprint density at radius 3 is 2.42 bits per heavy atom. The SMILES string of the molecule is CCOc1ccccc1C(=O)Nc1ccc(-c2ccc3c(c2)C(=O)N(C[C@H](CC)C(=O)OC)C3)cc1. The summed E-state index contributed by atoms with van der Waals surface area (Å²) in [5, 5.41) is 2.91. The average molecular weight is 487 g/mol. The number of nitrogens with one attached hydrogen (secondary N) is 1. The van der Waals surface area contributed by atoms with Crippen molar-refractivity contribution >= 4 is 23.5 Å². The number of para-hydroxylation sites is 1. The van der Waals surface area contributed by atoms with Gasteiger partial charge in [0.15, 0.2) is 0 Å². The summed E-state index contributed by atoms with van der Waals surface area (Å²) < 4.78 is 10.4. The van der Waals surface area contributed by atoms with Gasteiger partial charge in [0.1, 0.15) is 5.75 Å². The lowest BCUT2D eigenvalue weighted by molar-refractivity contribution is -0.146. The molecule has 1 aliphatic heterocycles. The van der Waals surface area contributed by atoms with Crippen molar-refractivity contribution in [3.63, 3.8) is 0 Å².